The molecule has 5 rings (SSSR count). The number of hydrogen-bond acceptors (Lipinski definition) is 22. The molecular formula is C98H155N19O17S. The lowest BCUT2D eigenvalue weighted by atomic mass is 9.81. The first-order valence-electron chi connectivity index (χ1n) is 47.8. The van der Waals surface area contributed by atoms with E-state index in [1.165, 1.54) is 19.1 Å². The van der Waals surface area contributed by atoms with Crippen molar-refractivity contribution in [2.24, 2.45) is 120 Å². The number of guanidine groups is 3. The summed E-state index contributed by atoms with van der Waals surface area (Å²) in [5.41, 5.74) is 47.3. The number of Topliss-reactive ketones (excluding diaryl/α,β-unsaturated/α-hetero) is 4. The molecule has 37 heteroatoms. The van der Waals surface area contributed by atoms with Crippen molar-refractivity contribution in [2.75, 3.05) is 71.5 Å². The maximum Gasteiger partial charge on any atom is 0.410 e. The van der Waals surface area contributed by atoms with Gasteiger partial charge in [0.05, 0.1) is 47.9 Å². The standard InChI is InChI=1S/C98H155N19O17S/c1-14-61(6)87(80(133-13)55-83(123)116-49-29-38-75(116)64(9)65(10)77(119)50-63(8)88(125)68-33-20-16-21-34-68)114(11)94(131)85(59(2)3)113-92(129)86(60(4)5)115(12)98(132)134-57-67-40-42-72(43-41-67)110-90(127)69(35-23-24-44-99)53-79(121)74(51-66-31-18-15-19-32-66)111-82(122)39-22-17-25-48-117-84(124)56-81(93(117)130)135-58-71(89(100)126)54-78(120)73(37-28-47-109-97(105)106)112-91(128)70(36-27-46-108-96(103)104)52-76(118)62(7)30-26-45-107-95(101)102/h15-16,18-21,31-34,40-43,59-65,69-71,73-75,80-81,85-88,125H,14,17,22-30,35-39,44-58,99H2,1-13H3,(H2,100,126)(H,110,127)(H,111,122)(H,112,128)(H,113,129)(H4,101,102,107)(H4,103,104,108)(H4,105,106,109)/t61-,62+,63-,64+,65+,69+,70-,71+,73+,74-,75-,80+,81?,85-,86-,87?,88+/m0/s1. The van der Waals surface area contributed by atoms with E-state index in [1.807, 2.05) is 114 Å². The molecule has 2 saturated heterocycles. The molecule has 0 aromatic heterocycles. The van der Waals surface area contributed by atoms with Gasteiger partial charge in [0.25, 0.3) is 0 Å². The predicted octanol–water partition coefficient (Wildman–Crippen LogP) is 7.00. The number of amides is 10. The SMILES string of the molecule is CC[C@H](C)C([C@@H](CC(=O)N1CCC[C@H]1[C@H](C)[C@@H](C)C(=O)C[C@H](C)[C@@H](O)c1ccccc1)OC)N(C)C(=O)[C@@H](NC(=O)[C@H](C(C)C)N(C)C(=O)OCc1ccc(NC(=O)[C@H](CCCCN)CC(=O)[C@H](Cc2ccccc2)NC(=O)CCCCCN2C(=O)CC(SC[C@@H](CC(=O)[C@@H](CCCN=C(N)N)NC(=O)[C@@H](CCCN=C(N)N)CC(=O)[C@H](C)CCCN=C(N)N)C(N)=O)C2=O)cc1)C(C)C. The lowest BCUT2D eigenvalue weighted by molar-refractivity contribution is -0.146. The summed E-state index contributed by atoms with van der Waals surface area (Å²) in [5.74, 6) is -11.3. The van der Waals surface area contributed by atoms with E-state index in [2.05, 4.69) is 36.2 Å². The van der Waals surface area contributed by atoms with Crippen molar-refractivity contribution in [3.8, 4) is 0 Å². The number of methoxy groups -OCH3 is 1. The number of likely N-dealkylation sites (N-methyl/N-ethyl adjacent to an activating group) is 2. The zero-order valence-corrected chi connectivity index (χ0v) is 82.4. The average molecular weight is 1900 g/mol. The summed E-state index contributed by atoms with van der Waals surface area (Å²) in [6.45, 7) is 19.9. The Hall–Kier alpha value is -10.9. The van der Waals surface area contributed by atoms with Gasteiger partial charge in [0.15, 0.2) is 29.4 Å². The molecule has 2 aliphatic rings. The fraction of sp³-hybridized carbons (Fsp3) is 0.643. The van der Waals surface area contributed by atoms with Gasteiger partial charge < -0.3 is 91.5 Å². The van der Waals surface area contributed by atoms with Crippen LogP contribution in [0.5, 0.6) is 0 Å². The summed E-state index contributed by atoms with van der Waals surface area (Å²) in [4.78, 5) is 214. The molecule has 0 aliphatic carbocycles. The lowest BCUT2D eigenvalue weighted by Gasteiger charge is -2.41. The number of likely N-dealkylation sites (tertiary alicyclic amines) is 2. The quantitative estimate of drug-likeness (QED) is 0.0117. The second kappa shape index (κ2) is 59.2. The predicted molar refractivity (Wildman–Crippen MR) is 523 cm³/mol. The molecule has 2 fully saturated rings. The van der Waals surface area contributed by atoms with Crippen molar-refractivity contribution in [1.82, 2.24) is 35.6 Å². The smallest absolute Gasteiger partial charge is 0.410 e. The van der Waals surface area contributed by atoms with Gasteiger partial charge in [-0.05, 0) is 148 Å². The number of anilines is 1. The molecule has 21 N–H and O–H groups in total. The molecule has 36 nitrogen and oxygen atoms in total. The van der Waals surface area contributed by atoms with E-state index in [-0.39, 0.29) is 167 Å². The van der Waals surface area contributed by atoms with Gasteiger partial charge in [-0.15, -0.1) is 11.8 Å². The molecule has 0 saturated carbocycles. The number of imide groups is 1. The first-order valence-corrected chi connectivity index (χ1v) is 48.9. The Morgan fingerprint density at radius 2 is 1.16 bits per heavy atom. The number of thioether (sulfide) groups is 1. The molecule has 0 spiro atoms. The van der Waals surface area contributed by atoms with Crippen LogP contribution in [0.15, 0.2) is 99.9 Å². The van der Waals surface area contributed by atoms with Crippen LogP contribution < -0.4 is 67.1 Å². The fourth-order valence-corrected chi connectivity index (χ4v) is 18.8. The van der Waals surface area contributed by atoms with Crippen molar-refractivity contribution >= 4 is 118 Å². The molecule has 0 bridgehead atoms. The summed E-state index contributed by atoms with van der Waals surface area (Å²) >= 11 is 1.01. The normalized spacial score (nSPS) is 17.1. The number of aliphatic imine (C=N–C) groups is 3. The minimum Gasteiger partial charge on any atom is -0.445 e. The van der Waals surface area contributed by atoms with Crippen molar-refractivity contribution in [2.45, 2.75) is 277 Å². The maximum atomic E-state index is 14.9. The van der Waals surface area contributed by atoms with E-state index >= 15 is 0 Å². The number of unbranched alkanes of at least 4 members (excludes halogenated alkanes) is 3. The first kappa shape index (κ1) is 115. The Balaban J connectivity index is 1.15. The highest BCUT2D eigenvalue weighted by Crippen LogP contribution is 2.36. The Morgan fingerprint density at radius 3 is 1.75 bits per heavy atom. The van der Waals surface area contributed by atoms with Crippen LogP contribution in [0.25, 0.3) is 0 Å². The van der Waals surface area contributed by atoms with Crippen LogP contribution in [0, 0.1) is 59.2 Å². The first-order chi connectivity index (χ1) is 64.0. The van der Waals surface area contributed by atoms with Gasteiger partial charge in [-0.25, -0.2) is 4.79 Å². The number of nitrogens with zero attached hydrogens (tertiary/aromatic N) is 7. The van der Waals surface area contributed by atoms with E-state index in [9.17, 15) is 72.2 Å². The van der Waals surface area contributed by atoms with Crippen LogP contribution in [-0.2, 0) is 84.8 Å². The molecule has 0 radical (unpaired) electrons. The number of benzene rings is 3. The highest BCUT2D eigenvalue weighted by molar-refractivity contribution is 8.00. The molecule has 2 unspecified atom stereocenters. The van der Waals surface area contributed by atoms with Crippen molar-refractivity contribution in [3.05, 3.63) is 102 Å². The van der Waals surface area contributed by atoms with E-state index in [0.29, 0.717) is 95.1 Å². The van der Waals surface area contributed by atoms with E-state index in [1.54, 1.807) is 57.0 Å². The van der Waals surface area contributed by atoms with Crippen LogP contribution in [0.3, 0.4) is 0 Å². The summed E-state index contributed by atoms with van der Waals surface area (Å²) in [6, 6.07) is 19.8. The number of hydrogen-bond donors (Lipinski definition) is 13. The van der Waals surface area contributed by atoms with Crippen LogP contribution in [-0.4, -0.2) is 239 Å². The Kier molecular flexibility index (Phi) is 50.2. The second-order valence-corrected chi connectivity index (χ2v) is 38.4. The second-order valence-electron chi connectivity index (χ2n) is 37.1. The fourth-order valence-electron chi connectivity index (χ4n) is 17.5. The molecule has 2 aliphatic heterocycles. The van der Waals surface area contributed by atoms with Crippen LogP contribution in [0.4, 0.5) is 10.5 Å². The van der Waals surface area contributed by atoms with E-state index in [4.69, 9.17) is 55.3 Å². The van der Waals surface area contributed by atoms with Crippen molar-refractivity contribution in [3.63, 3.8) is 0 Å². The third-order valence-electron chi connectivity index (χ3n) is 26.0. The zero-order chi connectivity index (χ0) is 100. The number of ketones is 4. The molecule has 135 heavy (non-hydrogen) atoms. The summed E-state index contributed by atoms with van der Waals surface area (Å²) in [6.07, 6.45) is 3.22. The molecule has 3 aromatic rings. The lowest BCUT2D eigenvalue weighted by Crippen LogP contribution is -2.60. The molecule has 750 valence electrons. The van der Waals surface area contributed by atoms with Gasteiger partial charge in [0.2, 0.25) is 53.2 Å². The minimum absolute atomic E-state index is 0.0104. The number of rotatable bonds is 64. The van der Waals surface area contributed by atoms with Gasteiger partial charge in [0, 0.05) is 134 Å². The van der Waals surface area contributed by atoms with Crippen molar-refractivity contribution in [1.29, 1.82) is 0 Å². The number of nitrogens with two attached hydrogens (primary N) is 8. The number of primary amides is 1. The number of aliphatic hydroxyl groups excluding tert-OH is 1. The van der Waals surface area contributed by atoms with Gasteiger partial charge in [0.1, 0.15) is 30.3 Å². The topological polar surface area (TPSA) is 584 Å². The van der Waals surface area contributed by atoms with E-state index < -0.39 is 149 Å². The van der Waals surface area contributed by atoms with Crippen LogP contribution >= 0.6 is 11.8 Å². The Morgan fingerprint density at radius 1 is 0.585 bits per heavy atom. The average Bonchev–Trinajstić information content (AvgIpc) is 1.75. The summed E-state index contributed by atoms with van der Waals surface area (Å²) in [5, 5.41) is 21.8. The number of nitrogens with one attached hydrogen (secondary N) is 4. The van der Waals surface area contributed by atoms with E-state index in [0.717, 1.165) is 40.6 Å². The largest absolute Gasteiger partial charge is 0.445 e. The molecule has 2 heterocycles. The Bertz CT molecular complexity index is 4420. The Labute approximate surface area is 801 Å². The monoisotopic (exact) mass is 1900 g/mol. The number of ether oxygens (including phenoxy) is 2. The molecular weight excluding hydrogens is 1750 g/mol. The maximum absolute atomic E-state index is 14.9. The third-order valence-corrected chi connectivity index (χ3v) is 27.4. The number of carbonyl (C=O) groups is 14. The molecule has 17 atom stereocenters. The summed E-state index contributed by atoms with van der Waals surface area (Å²) < 4.78 is 11.9. The molecule has 10 amide bonds. The van der Waals surface area contributed by atoms with Gasteiger partial charge in [-0.2, -0.15) is 0 Å². The number of aliphatic hydroxyl groups is 1. The van der Waals surface area contributed by atoms with Gasteiger partial charge in [-0.3, -0.25) is 87.1 Å². The number of carbonyl (C=O) groups excluding carboxylic acids is 14. The highest BCUT2D eigenvalue weighted by atomic mass is 32.2. The van der Waals surface area contributed by atoms with Crippen LogP contribution in [0.1, 0.15) is 233 Å². The zero-order valence-electron chi connectivity index (χ0n) is 81.6. The van der Waals surface area contributed by atoms with Crippen LogP contribution in [0.2, 0.25) is 0 Å². The van der Waals surface area contributed by atoms with Crippen molar-refractivity contribution < 1.29 is 81.7 Å². The highest BCUT2D eigenvalue weighted by Gasteiger charge is 2.45. The van der Waals surface area contributed by atoms with Gasteiger partial charge in [-0.1, -0.05) is 161 Å². The molecule has 3 aromatic carbocycles. The minimum atomic E-state index is -1.17. The third kappa shape index (κ3) is 38.3. The van der Waals surface area contributed by atoms with Gasteiger partial charge >= 0.3 is 6.09 Å². The summed E-state index contributed by atoms with van der Waals surface area (Å²) in [7, 11) is 4.62.